The molecule has 0 spiro atoms. The summed E-state index contributed by atoms with van der Waals surface area (Å²) in [5.74, 6) is 0.629. The Labute approximate surface area is 153 Å². The second-order valence-electron chi connectivity index (χ2n) is 6.42. The molecule has 1 aliphatic heterocycles. The largest absolute Gasteiger partial charge is 0.340 e. The number of benzene rings is 1. The molecule has 1 saturated heterocycles. The highest BCUT2D eigenvalue weighted by molar-refractivity contribution is 5.96. The number of hydrogen-bond acceptors (Lipinski definition) is 5. The molecule has 0 atom stereocenters. The zero-order valence-electron chi connectivity index (χ0n) is 15.2. The summed E-state index contributed by atoms with van der Waals surface area (Å²) in [6, 6.07) is 10.7. The molecular formula is C20H24N4O2. The number of carbonyl (C=O) groups excluding carboxylic acids is 2. The first-order valence-corrected chi connectivity index (χ1v) is 8.92. The van der Waals surface area contributed by atoms with Crippen molar-refractivity contribution in [2.75, 3.05) is 38.0 Å². The first kappa shape index (κ1) is 18.1. The van der Waals surface area contributed by atoms with E-state index >= 15 is 0 Å². The van der Waals surface area contributed by atoms with Crippen molar-refractivity contribution in [3.05, 3.63) is 53.7 Å². The van der Waals surface area contributed by atoms with Gasteiger partial charge in [0.2, 0.25) is 0 Å². The fraction of sp³-hybridized carbons (Fsp3) is 0.350. The molecule has 0 radical (unpaired) electrons. The van der Waals surface area contributed by atoms with Gasteiger partial charge in [0.05, 0.1) is 0 Å². The summed E-state index contributed by atoms with van der Waals surface area (Å²) >= 11 is 0. The normalized spacial score (nSPS) is 14.9. The first-order valence-electron chi connectivity index (χ1n) is 8.92. The molecule has 6 heteroatoms. The van der Waals surface area contributed by atoms with Crippen molar-refractivity contribution in [2.24, 2.45) is 0 Å². The van der Waals surface area contributed by atoms with E-state index in [0.717, 1.165) is 38.4 Å². The summed E-state index contributed by atoms with van der Waals surface area (Å²) in [6.45, 7) is 8.02. The molecule has 1 amide bonds. The molecule has 1 aromatic heterocycles. The lowest BCUT2D eigenvalue weighted by atomic mass is 10.1. The van der Waals surface area contributed by atoms with E-state index in [0.29, 0.717) is 16.9 Å². The van der Waals surface area contributed by atoms with E-state index in [4.69, 9.17) is 0 Å². The van der Waals surface area contributed by atoms with Crippen LogP contribution in [0, 0.1) is 0 Å². The van der Waals surface area contributed by atoms with Crippen LogP contribution in [-0.4, -0.2) is 59.2 Å². The maximum Gasteiger partial charge on any atom is 0.254 e. The molecule has 1 aromatic carbocycles. The molecule has 0 saturated carbocycles. The van der Waals surface area contributed by atoms with Crippen LogP contribution in [0.2, 0.25) is 0 Å². The van der Waals surface area contributed by atoms with Gasteiger partial charge in [-0.25, -0.2) is 4.98 Å². The fourth-order valence-corrected chi connectivity index (χ4v) is 3.05. The molecule has 1 N–H and O–H groups in total. The van der Waals surface area contributed by atoms with Crippen molar-refractivity contribution in [3.8, 4) is 0 Å². The lowest BCUT2D eigenvalue weighted by molar-refractivity contribution is 0.0643. The average molecular weight is 352 g/mol. The highest BCUT2D eigenvalue weighted by Crippen LogP contribution is 2.18. The number of piperazine rings is 1. The quantitative estimate of drug-likeness (QED) is 0.838. The van der Waals surface area contributed by atoms with Gasteiger partial charge in [-0.3, -0.25) is 9.59 Å². The van der Waals surface area contributed by atoms with E-state index in [1.807, 2.05) is 17.0 Å². The van der Waals surface area contributed by atoms with Gasteiger partial charge in [-0.2, -0.15) is 0 Å². The van der Waals surface area contributed by atoms with Crippen molar-refractivity contribution in [3.63, 3.8) is 0 Å². The highest BCUT2D eigenvalue weighted by Gasteiger charge is 2.21. The standard InChI is InChI=1S/C20H24N4O2/c1-3-23-9-11-24(12-10-23)20(26)17-7-8-21-19(14-17)22-18-6-4-5-16(13-18)15(2)25/h4-8,13-14H,3,9-12H2,1-2H3,(H,21,22). The summed E-state index contributed by atoms with van der Waals surface area (Å²) < 4.78 is 0. The average Bonchev–Trinajstić information content (AvgIpc) is 2.68. The van der Waals surface area contributed by atoms with Crippen molar-refractivity contribution in [1.29, 1.82) is 0 Å². The van der Waals surface area contributed by atoms with Crippen LogP contribution in [0.3, 0.4) is 0 Å². The lowest BCUT2D eigenvalue weighted by Gasteiger charge is -2.34. The summed E-state index contributed by atoms with van der Waals surface area (Å²) in [4.78, 5) is 32.8. The number of anilines is 2. The molecule has 2 heterocycles. The van der Waals surface area contributed by atoms with Gasteiger partial charge >= 0.3 is 0 Å². The van der Waals surface area contributed by atoms with Crippen LogP contribution >= 0.6 is 0 Å². The van der Waals surface area contributed by atoms with Crippen LogP contribution in [0.15, 0.2) is 42.6 Å². The van der Waals surface area contributed by atoms with Gasteiger partial charge in [0.25, 0.3) is 5.91 Å². The molecule has 26 heavy (non-hydrogen) atoms. The minimum Gasteiger partial charge on any atom is -0.340 e. The number of hydrogen-bond donors (Lipinski definition) is 1. The topological polar surface area (TPSA) is 65.5 Å². The highest BCUT2D eigenvalue weighted by atomic mass is 16.2. The van der Waals surface area contributed by atoms with Crippen LogP contribution in [0.4, 0.5) is 11.5 Å². The van der Waals surface area contributed by atoms with Crippen LogP contribution in [-0.2, 0) is 0 Å². The Balaban J connectivity index is 1.71. The molecule has 0 unspecified atom stereocenters. The molecule has 0 bridgehead atoms. The zero-order valence-corrected chi connectivity index (χ0v) is 15.2. The Morgan fingerprint density at radius 3 is 2.54 bits per heavy atom. The Morgan fingerprint density at radius 2 is 1.85 bits per heavy atom. The Kier molecular flexibility index (Phi) is 5.63. The number of aromatic nitrogens is 1. The third kappa shape index (κ3) is 4.26. The molecule has 136 valence electrons. The van der Waals surface area contributed by atoms with Crippen molar-refractivity contribution >= 4 is 23.2 Å². The summed E-state index contributed by atoms with van der Waals surface area (Å²) in [6.07, 6.45) is 1.63. The van der Waals surface area contributed by atoms with Crippen LogP contribution in [0.5, 0.6) is 0 Å². The predicted molar refractivity (Wildman–Crippen MR) is 102 cm³/mol. The van der Waals surface area contributed by atoms with E-state index in [2.05, 4.69) is 22.1 Å². The second-order valence-corrected chi connectivity index (χ2v) is 6.42. The Morgan fingerprint density at radius 1 is 1.08 bits per heavy atom. The number of ketones is 1. The number of rotatable bonds is 5. The molecule has 2 aromatic rings. The SMILES string of the molecule is CCN1CCN(C(=O)c2ccnc(Nc3cccc(C(C)=O)c3)c2)CC1. The summed E-state index contributed by atoms with van der Waals surface area (Å²) in [7, 11) is 0. The van der Waals surface area contributed by atoms with E-state index in [-0.39, 0.29) is 11.7 Å². The lowest BCUT2D eigenvalue weighted by Crippen LogP contribution is -2.48. The number of amides is 1. The van der Waals surface area contributed by atoms with E-state index < -0.39 is 0 Å². The Bertz CT molecular complexity index is 798. The van der Waals surface area contributed by atoms with Gasteiger partial charge in [0.15, 0.2) is 5.78 Å². The molecule has 3 rings (SSSR count). The third-order valence-corrected chi connectivity index (χ3v) is 4.66. The zero-order chi connectivity index (χ0) is 18.5. The maximum atomic E-state index is 12.8. The van der Waals surface area contributed by atoms with Gasteiger partial charge in [0.1, 0.15) is 5.82 Å². The minimum absolute atomic E-state index is 0.0109. The van der Waals surface area contributed by atoms with Crippen molar-refractivity contribution < 1.29 is 9.59 Å². The van der Waals surface area contributed by atoms with E-state index in [1.165, 1.54) is 6.92 Å². The first-order chi connectivity index (χ1) is 12.6. The van der Waals surface area contributed by atoms with Crippen LogP contribution in [0.25, 0.3) is 0 Å². The monoisotopic (exact) mass is 352 g/mol. The van der Waals surface area contributed by atoms with E-state index in [9.17, 15) is 9.59 Å². The van der Waals surface area contributed by atoms with Crippen molar-refractivity contribution in [1.82, 2.24) is 14.8 Å². The van der Waals surface area contributed by atoms with Crippen LogP contribution < -0.4 is 5.32 Å². The fourth-order valence-electron chi connectivity index (χ4n) is 3.05. The number of nitrogens with one attached hydrogen (secondary N) is 1. The maximum absolute atomic E-state index is 12.8. The van der Waals surface area contributed by atoms with Gasteiger partial charge in [0, 0.05) is 49.2 Å². The van der Waals surface area contributed by atoms with Gasteiger partial charge < -0.3 is 15.1 Å². The molecule has 6 nitrogen and oxygen atoms in total. The predicted octanol–water partition coefficient (Wildman–Crippen LogP) is 2.81. The summed E-state index contributed by atoms with van der Waals surface area (Å²) in [5.41, 5.74) is 2.03. The number of carbonyl (C=O) groups is 2. The molecule has 0 aliphatic carbocycles. The number of likely N-dealkylation sites (N-methyl/N-ethyl adjacent to an activating group) is 1. The third-order valence-electron chi connectivity index (χ3n) is 4.66. The summed E-state index contributed by atoms with van der Waals surface area (Å²) in [5, 5.41) is 3.17. The van der Waals surface area contributed by atoms with Gasteiger partial charge in [-0.15, -0.1) is 0 Å². The minimum atomic E-state index is 0.0109. The molecule has 1 fully saturated rings. The number of Topliss-reactive ketones (excluding diaryl/α,β-unsaturated/α-hetero) is 1. The van der Waals surface area contributed by atoms with E-state index in [1.54, 1.807) is 30.5 Å². The number of pyridine rings is 1. The smallest absolute Gasteiger partial charge is 0.254 e. The van der Waals surface area contributed by atoms with Crippen molar-refractivity contribution in [2.45, 2.75) is 13.8 Å². The molecule has 1 aliphatic rings. The Hall–Kier alpha value is -2.73. The van der Waals surface area contributed by atoms with Gasteiger partial charge in [-0.05, 0) is 37.7 Å². The second kappa shape index (κ2) is 8.10. The van der Waals surface area contributed by atoms with Gasteiger partial charge in [-0.1, -0.05) is 19.1 Å². The van der Waals surface area contributed by atoms with Crippen LogP contribution in [0.1, 0.15) is 34.6 Å². The number of nitrogens with zero attached hydrogens (tertiary/aromatic N) is 3. The molecular weight excluding hydrogens is 328 g/mol.